The monoisotopic (exact) mass is 281 g/mol. The van der Waals surface area contributed by atoms with Gasteiger partial charge in [-0.15, -0.1) is 0 Å². The van der Waals surface area contributed by atoms with Gasteiger partial charge in [0.1, 0.15) is 5.75 Å². The van der Waals surface area contributed by atoms with Crippen molar-refractivity contribution >= 4 is 23.1 Å². The van der Waals surface area contributed by atoms with Gasteiger partial charge in [-0.05, 0) is 48.0 Å². The summed E-state index contributed by atoms with van der Waals surface area (Å²) in [6.45, 7) is 3.89. The second-order valence-corrected chi connectivity index (χ2v) is 4.90. The molecule has 0 radical (unpaired) electrons. The number of hydrogen-bond acceptors (Lipinski definition) is 3. The van der Waals surface area contributed by atoms with Gasteiger partial charge in [-0.3, -0.25) is 0 Å². The highest BCUT2D eigenvalue weighted by Crippen LogP contribution is 2.29. The Morgan fingerprint density at radius 2 is 1.76 bits per heavy atom. The minimum absolute atomic E-state index is 0.160. The molecule has 0 aliphatic carbocycles. The molecular formula is C16H15N3O2. The minimum atomic E-state index is -0.328. The van der Waals surface area contributed by atoms with Gasteiger partial charge in [0.2, 0.25) is 0 Å². The van der Waals surface area contributed by atoms with Gasteiger partial charge in [-0.2, -0.15) is 0 Å². The summed E-state index contributed by atoms with van der Waals surface area (Å²) in [5, 5.41) is 17.9. The zero-order valence-electron chi connectivity index (χ0n) is 11.3. The standard InChI is InChI=1S/C16H15N3O2/c1-10-8-11-9-13(4-7-15(11)17-10)19-16(21)18-12-2-5-14(20)6-3-12/h2-7,9,17,20H,1,8H2,(H2,18,19,21). The molecule has 0 fully saturated rings. The van der Waals surface area contributed by atoms with E-state index in [1.807, 2.05) is 18.2 Å². The van der Waals surface area contributed by atoms with E-state index in [0.717, 1.165) is 29.1 Å². The number of carbonyl (C=O) groups is 1. The van der Waals surface area contributed by atoms with Gasteiger partial charge >= 0.3 is 6.03 Å². The second kappa shape index (κ2) is 5.20. The number of phenols is 1. The maximum atomic E-state index is 11.9. The number of amides is 2. The highest BCUT2D eigenvalue weighted by Gasteiger charge is 2.14. The van der Waals surface area contributed by atoms with Gasteiger partial charge in [0.15, 0.2) is 0 Å². The number of carbonyl (C=O) groups excluding carboxylic acids is 1. The normalized spacial score (nSPS) is 12.5. The first-order chi connectivity index (χ1) is 10.1. The number of benzene rings is 2. The van der Waals surface area contributed by atoms with Crippen LogP contribution >= 0.6 is 0 Å². The third-order valence-corrected chi connectivity index (χ3v) is 3.20. The van der Waals surface area contributed by atoms with Crippen LogP contribution in [-0.2, 0) is 6.42 Å². The van der Waals surface area contributed by atoms with Crippen molar-refractivity contribution in [2.24, 2.45) is 0 Å². The molecule has 2 aromatic rings. The molecule has 4 N–H and O–H groups in total. The van der Waals surface area contributed by atoms with Crippen LogP contribution in [0, 0.1) is 0 Å². The predicted octanol–water partition coefficient (Wildman–Crippen LogP) is 3.52. The van der Waals surface area contributed by atoms with Gasteiger partial charge < -0.3 is 21.1 Å². The molecule has 5 nitrogen and oxygen atoms in total. The molecule has 1 aliphatic heterocycles. The Hall–Kier alpha value is -2.95. The highest BCUT2D eigenvalue weighted by atomic mass is 16.3. The van der Waals surface area contributed by atoms with Gasteiger partial charge in [-0.25, -0.2) is 4.79 Å². The topological polar surface area (TPSA) is 73.4 Å². The van der Waals surface area contributed by atoms with E-state index in [4.69, 9.17) is 0 Å². The SMILES string of the molecule is C=C1Cc2cc(NC(=O)Nc3ccc(O)cc3)ccc2N1. The molecule has 5 heteroatoms. The summed E-state index contributed by atoms with van der Waals surface area (Å²) in [7, 11) is 0. The fourth-order valence-corrected chi connectivity index (χ4v) is 2.24. The van der Waals surface area contributed by atoms with Crippen molar-refractivity contribution in [3.8, 4) is 5.75 Å². The molecule has 0 saturated carbocycles. The second-order valence-electron chi connectivity index (χ2n) is 4.90. The lowest BCUT2D eigenvalue weighted by Gasteiger charge is -2.09. The Kier molecular flexibility index (Phi) is 3.23. The van der Waals surface area contributed by atoms with Crippen LogP contribution in [0.25, 0.3) is 0 Å². The van der Waals surface area contributed by atoms with Gasteiger partial charge in [0.25, 0.3) is 0 Å². The molecule has 3 rings (SSSR count). The summed E-state index contributed by atoms with van der Waals surface area (Å²) in [5.74, 6) is 0.160. The average Bonchev–Trinajstić information content (AvgIpc) is 2.80. The molecule has 0 bridgehead atoms. The van der Waals surface area contributed by atoms with Crippen LogP contribution < -0.4 is 16.0 Å². The summed E-state index contributed by atoms with van der Waals surface area (Å²) in [6.07, 6.45) is 0.768. The molecule has 0 saturated heterocycles. The van der Waals surface area contributed by atoms with E-state index >= 15 is 0 Å². The molecular weight excluding hydrogens is 266 g/mol. The quantitative estimate of drug-likeness (QED) is 0.636. The van der Waals surface area contributed by atoms with Crippen molar-refractivity contribution in [3.05, 3.63) is 60.3 Å². The van der Waals surface area contributed by atoms with Crippen LogP contribution in [0.2, 0.25) is 0 Å². The van der Waals surface area contributed by atoms with E-state index in [1.165, 1.54) is 12.1 Å². The smallest absolute Gasteiger partial charge is 0.323 e. The maximum Gasteiger partial charge on any atom is 0.323 e. The Morgan fingerprint density at radius 3 is 2.52 bits per heavy atom. The van der Waals surface area contributed by atoms with E-state index in [9.17, 15) is 9.90 Å². The lowest BCUT2D eigenvalue weighted by atomic mass is 10.1. The van der Waals surface area contributed by atoms with E-state index in [1.54, 1.807) is 12.1 Å². The molecule has 0 atom stereocenters. The Morgan fingerprint density at radius 1 is 1.10 bits per heavy atom. The molecule has 1 aliphatic rings. The van der Waals surface area contributed by atoms with Crippen LogP contribution in [0.1, 0.15) is 5.56 Å². The fourth-order valence-electron chi connectivity index (χ4n) is 2.24. The van der Waals surface area contributed by atoms with Gasteiger partial charge in [0, 0.05) is 29.2 Å². The fraction of sp³-hybridized carbons (Fsp3) is 0.0625. The number of allylic oxidation sites excluding steroid dienone is 1. The largest absolute Gasteiger partial charge is 0.508 e. The summed E-state index contributed by atoms with van der Waals surface area (Å²) in [5.41, 5.74) is 4.44. The number of anilines is 3. The number of urea groups is 1. The zero-order valence-corrected chi connectivity index (χ0v) is 11.3. The molecule has 0 unspecified atom stereocenters. The van der Waals surface area contributed by atoms with Gasteiger partial charge in [0.05, 0.1) is 0 Å². The Bertz CT molecular complexity index is 708. The average molecular weight is 281 g/mol. The molecule has 0 spiro atoms. The number of phenolic OH excluding ortho intramolecular Hbond substituents is 1. The number of nitrogens with one attached hydrogen (secondary N) is 3. The van der Waals surface area contributed by atoms with E-state index in [-0.39, 0.29) is 11.8 Å². The molecule has 106 valence electrons. The van der Waals surface area contributed by atoms with E-state index in [0.29, 0.717) is 5.69 Å². The van der Waals surface area contributed by atoms with Crippen molar-refractivity contribution < 1.29 is 9.90 Å². The summed E-state index contributed by atoms with van der Waals surface area (Å²) in [6, 6.07) is 11.6. The molecule has 1 heterocycles. The summed E-state index contributed by atoms with van der Waals surface area (Å²) < 4.78 is 0. The maximum absolute atomic E-state index is 11.9. The van der Waals surface area contributed by atoms with Crippen LogP contribution in [0.3, 0.4) is 0 Å². The molecule has 0 aromatic heterocycles. The van der Waals surface area contributed by atoms with Gasteiger partial charge in [-0.1, -0.05) is 6.58 Å². The van der Waals surface area contributed by atoms with Crippen molar-refractivity contribution in [1.82, 2.24) is 0 Å². The number of hydrogen-bond donors (Lipinski definition) is 4. The third kappa shape index (κ3) is 2.97. The summed E-state index contributed by atoms with van der Waals surface area (Å²) >= 11 is 0. The van der Waals surface area contributed by atoms with E-state index < -0.39 is 0 Å². The molecule has 2 amide bonds. The number of fused-ring (bicyclic) bond motifs is 1. The first-order valence-electron chi connectivity index (χ1n) is 6.55. The highest BCUT2D eigenvalue weighted by molar-refractivity contribution is 6.00. The zero-order chi connectivity index (χ0) is 14.8. The number of rotatable bonds is 2. The Balaban J connectivity index is 1.66. The van der Waals surface area contributed by atoms with Crippen LogP contribution in [-0.4, -0.2) is 11.1 Å². The van der Waals surface area contributed by atoms with Crippen molar-refractivity contribution in [2.45, 2.75) is 6.42 Å². The minimum Gasteiger partial charge on any atom is -0.508 e. The Labute approximate surface area is 122 Å². The molecule has 2 aromatic carbocycles. The lowest BCUT2D eigenvalue weighted by Crippen LogP contribution is -2.19. The number of aromatic hydroxyl groups is 1. The lowest BCUT2D eigenvalue weighted by molar-refractivity contribution is 0.262. The van der Waals surface area contributed by atoms with Crippen LogP contribution in [0.15, 0.2) is 54.7 Å². The van der Waals surface area contributed by atoms with Crippen molar-refractivity contribution in [3.63, 3.8) is 0 Å². The van der Waals surface area contributed by atoms with Crippen molar-refractivity contribution in [1.29, 1.82) is 0 Å². The van der Waals surface area contributed by atoms with E-state index in [2.05, 4.69) is 22.5 Å². The van der Waals surface area contributed by atoms with Crippen LogP contribution in [0.4, 0.5) is 21.9 Å². The first-order valence-corrected chi connectivity index (χ1v) is 6.55. The first kappa shape index (κ1) is 13.1. The van der Waals surface area contributed by atoms with Crippen LogP contribution in [0.5, 0.6) is 5.75 Å². The molecule has 21 heavy (non-hydrogen) atoms. The third-order valence-electron chi connectivity index (χ3n) is 3.20. The predicted molar refractivity (Wildman–Crippen MR) is 83.7 cm³/mol. The summed E-state index contributed by atoms with van der Waals surface area (Å²) in [4.78, 5) is 11.9. The van der Waals surface area contributed by atoms with Crippen molar-refractivity contribution in [2.75, 3.05) is 16.0 Å².